The Kier molecular flexibility index (Phi) is 5.01. The van der Waals surface area contributed by atoms with Crippen molar-refractivity contribution in [2.24, 2.45) is 17.6 Å². The lowest BCUT2D eigenvalue weighted by Gasteiger charge is -2.31. The minimum atomic E-state index is -4.10. The standard InChI is InChI=1S/C12H21F3N2O/c1-7(8(2)16)11(18)17-10-5-3-9(4-6-10)12(13,14)15/h7-10H,3-6,16H2,1-2H3,(H,17,18). The summed E-state index contributed by atoms with van der Waals surface area (Å²) < 4.78 is 37.4. The van der Waals surface area contributed by atoms with E-state index < -0.39 is 12.1 Å². The predicted octanol–water partition coefficient (Wildman–Crippen LogP) is 2.21. The summed E-state index contributed by atoms with van der Waals surface area (Å²) in [7, 11) is 0. The fourth-order valence-corrected chi connectivity index (χ4v) is 2.14. The molecule has 106 valence electrons. The van der Waals surface area contributed by atoms with Gasteiger partial charge >= 0.3 is 6.18 Å². The molecule has 0 aromatic heterocycles. The van der Waals surface area contributed by atoms with Crippen LogP contribution in [0.2, 0.25) is 0 Å². The second-order valence-corrected chi connectivity index (χ2v) is 5.25. The van der Waals surface area contributed by atoms with Crippen molar-refractivity contribution in [3.8, 4) is 0 Å². The van der Waals surface area contributed by atoms with Gasteiger partial charge in [-0.2, -0.15) is 13.2 Å². The van der Waals surface area contributed by atoms with E-state index >= 15 is 0 Å². The average molecular weight is 266 g/mol. The normalized spacial score (nSPS) is 28.6. The minimum Gasteiger partial charge on any atom is -0.353 e. The Morgan fingerprint density at radius 1 is 1.22 bits per heavy atom. The Morgan fingerprint density at radius 3 is 2.11 bits per heavy atom. The third-order valence-corrected chi connectivity index (χ3v) is 3.74. The van der Waals surface area contributed by atoms with E-state index in [1.54, 1.807) is 13.8 Å². The Labute approximate surface area is 105 Å². The van der Waals surface area contributed by atoms with Crippen LogP contribution < -0.4 is 11.1 Å². The van der Waals surface area contributed by atoms with Crippen molar-refractivity contribution in [2.75, 3.05) is 0 Å². The zero-order valence-electron chi connectivity index (χ0n) is 10.8. The number of amides is 1. The van der Waals surface area contributed by atoms with Gasteiger partial charge in [0.25, 0.3) is 0 Å². The topological polar surface area (TPSA) is 55.1 Å². The molecule has 0 bridgehead atoms. The molecule has 0 aromatic carbocycles. The van der Waals surface area contributed by atoms with Crippen LogP contribution in [0.4, 0.5) is 13.2 Å². The van der Waals surface area contributed by atoms with E-state index in [0.717, 1.165) is 0 Å². The van der Waals surface area contributed by atoms with Crippen LogP contribution in [0.1, 0.15) is 39.5 Å². The predicted molar refractivity (Wildman–Crippen MR) is 62.8 cm³/mol. The molecule has 6 heteroatoms. The van der Waals surface area contributed by atoms with Crippen LogP contribution in [-0.4, -0.2) is 24.2 Å². The second kappa shape index (κ2) is 5.91. The first-order valence-electron chi connectivity index (χ1n) is 6.34. The van der Waals surface area contributed by atoms with Crippen LogP contribution in [0.15, 0.2) is 0 Å². The summed E-state index contributed by atoms with van der Waals surface area (Å²) >= 11 is 0. The van der Waals surface area contributed by atoms with Gasteiger partial charge in [0.1, 0.15) is 0 Å². The Balaban J connectivity index is 2.38. The summed E-state index contributed by atoms with van der Waals surface area (Å²) in [5, 5.41) is 2.79. The Morgan fingerprint density at radius 2 is 1.72 bits per heavy atom. The molecule has 1 aliphatic rings. The molecular formula is C12H21F3N2O. The lowest BCUT2D eigenvalue weighted by molar-refractivity contribution is -0.182. The van der Waals surface area contributed by atoms with Gasteiger partial charge in [-0.15, -0.1) is 0 Å². The molecule has 2 unspecified atom stereocenters. The monoisotopic (exact) mass is 266 g/mol. The summed E-state index contributed by atoms with van der Waals surface area (Å²) in [6, 6.07) is -0.395. The molecule has 1 amide bonds. The number of nitrogens with two attached hydrogens (primary N) is 1. The van der Waals surface area contributed by atoms with Crippen LogP contribution in [0.25, 0.3) is 0 Å². The number of alkyl halides is 3. The molecule has 3 N–H and O–H groups in total. The van der Waals surface area contributed by atoms with Gasteiger partial charge in [-0.3, -0.25) is 4.79 Å². The lowest BCUT2D eigenvalue weighted by atomic mass is 9.85. The molecule has 1 rings (SSSR count). The van der Waals surface area contributed by atoms with E-state index in [0.29, 0.717) is 12.8 Å². The summed E-state index contributed by atoms with van der Waals surface area (Å²) in [6.45, 7) is 3.46. The van der Waals surface area contributed by atoms with Gasteiger partial charge in [-0.25, -0.2) is 0 Å². The van der Waals surface area contributed by atoms with E-state index in [2.05, 4.69) is 5.32 Å². The van der Waals surface area contributed by atoms with Crippen LogP contribution in [0.5, 0.6) is 0 Å². The number of rotatable bonds is 3. The highest BCUT2D eigenvalue weighted by Gasteiger charge is 2.41. The van der Waals surface area contributed by atoms with E-state index in [9.17, 15) is 18.0 Å². The highest BCUT2D eigenvalue weighted by molar-refractivity contribution is 5.79. The molecule has 0 saturated heterocycles. The van der Waals surface area contributed by atoms with E-state index in [1.807, 2.05) is 0 Å². The number of nitrogens with one attached hydrogen (secondary N) is 1. The van der Waals surface area contributed by atoms with Gasteiger partial charge in [0, 0.05) is 18.0 Å². The van der Waals surface area contributed by atoms with E-state index in [-0.39, 0.29) is 36.8 Å². The average Bonchev–Trinajstić information content (AvgIpc) is 2.27. The molecule has 0 aromatic rings. The Hall–Kier alpha value is -0.780. The highest BCUT2D eigenvalue weighted by atomic mass is 19.4. The van der Waals surface area contributed by atoms with Crippen molar-refractivity contribution in [3.05, 3.63) is 0 Å². The highest BCUT2D eigenvalue weighted by Crippen LogP contribution is 2.37. The number of hydrogen-bond acceptors (Lipinski definition) is 2. The van der Waals surface area contributed by atoms with Crippen molar-refractivity contribution >= 4 is 5.91 Å². The minimum absolute atomic E-state index is 0.0982. The van der Waals surface area contributed by atoms with Gasteiger partial charge in [0.15, 0.2) is 0 Å². The maximum atomic E-state index is 12.5. The molecule has 0 aliphatic heterocycles. The largest absolute Gasteiger partial charge is 0.391 e. The smallest absolute Gasteiger partial charge is 0.353 e. The van der Waals surface area contributed by atoms with Crippen molar-refractivity contribution in [3.63, 3.8) is 0 Å². The molecule has 0 radical (unpaired) electrons. The first kappa shape index (κ1) is 15.3. The summed E-state index contributed by atoms with van der Waals surface area (Å²) in [4.78, 5) is 11.7. The maximum absolute atomic E-state index is 12.5. The molecular weight excluding hydrogens is 245 g/mol. The van der Waals surface area contributed by atoms with Gasteiger partial charge in [-0.05, 0) is 32.6 Å². The van der Waals surface area contributed by atoms with Crippen LogP contribution in [-0.2, 0) is 4.79 Å². The molecule has 0 heterocycles. The second-order valence-electron chi connectivity index (χ2n) is 5.25. The first-order chi connectivity index (χ1) is 8.21. The first-order valence-corrected chi connectivity index (χ1v) is 6.34. The van der Waals surface area contributed by atoms with Gasteiger partial charge in [-0.1, -0.05) is 6.92 Å². The van der Waals surface area contributed by atoms with Crippen LogP contribution in [0.3, 0.4) is 0 Å². The Bertz CT molecular complexity index is 284. The fourth-order valence-electron chi connectivity index (χ4n) is 2.14. The number of halogens is 3. The van der Waals surface area contributed by atoms with Crippen molar-refractivity contribution in [1.82, 2.24) is 5.32 Å². The molecule has 3 nitrogen and oxygen atoms in total. The third kappa shape index (κ3) is 4.15. The number of carbonyl (C=O) groups excluding carboxylic acids is 1. The molecule has 18 heavy (non-hydrogen) atoms. The van der Waals surface area contributed by atoms with Gasteiger partial charge in [0.05, 0.1) is 5.92 Å². The maximum Gasteiger partial charge on any atom is 0.391 e. The molecule has 0 spiro atoms. The quantitative estimate of drug-likeness (QED) is 0.823. The van der Waals surface area contributed by atoms with Crippen molar-refractivity contribution in [2.45, 2.75) is 57.8 Å². The summed E-state index contributed by atoms with van der Waals surface area (Å²) in [5.41, 5.74) is 5.61. The summed E-state index contributed by atoms with van der Waals surface area (Å²) in [6.07, 6.45) is -3.13. The van der Waals surface area contributed by atoms with Crippen molar-refractivity contribution in [1.29, 1.82) is 0 Å². The zero-order valence-corrected chi connectivity index (χ0v) is 10.8. The van der Waals surface area contributed by atoms with Gasteiger partial charge in [0.2, 0.25) is 5.91 Å². The fraction of sp³-hybridized carbons (Fsp3) is 0.917. The van der Waals surface area contributed by atoms with Crippen molar-refractivity contribution < 1.29 is 18.0 Å². The molecule has 1 fully saturated rings. The van der Waals surface area contributed by atoms with E-state index in [1.165, 1.54) is 0 Å². The number of carbonyl (C=O) groups is 1. The lowest BCUT2D eigenvalue weighted by Crippen LogP contribution is -2.45. The van der Waals surface area contributed by atoms with E-state index in [4.69, 9.17) is 5.73 Å². The molecule has 2 atom stereocenters. The van der Waals surface area contributed by atoms with Crippen LogP contribution in [0, 0.1) is 11.8 Å². The molecule has 1 saturated carbocycles. The summed E-state index contributed by atoms with van der Waals surface area (Å²) in [5.74, 6) is -1.69. The zero-order chi connectivity index (χ0) is 13.9. The van der Waals surface area contributed by atoms with Crippen LogP contribution >= 0.6 is 0 Å². The van der Waals surface area contributed by atoms with Gasteiger partial charge < -0.3 is 11.1 Å². The third-order valence-electron chi connectivity index (χ3n) is 3.74. The molecule has 1 aliphatic carbocycles. The SMILES string of the molecule is CC(N)C(C)C(=O)NC1CCC(C(F)(F)F)CC1. The number of hydrogen-bond donors (Lipinski definition) is 2.